The molecule has 10 heavy (non-hydrogen) atoms. The zero-order chi connectivity index (χ0) is 7.49. The molecule has 1 atom stereocenters. The van der Waals surface area contributed by atoms with Crippen LogP contribution in [0.4, 0.5) is 4.79 Å². The van der Waals surface area contributed by atoms with Gasteiger partial charge in [0.15, 0.2) is 0 Å². The maximum atomic E-state index is 10.3. The van der Waals surface area contributed by atoms with E-state index in [4.69, 9.17) is 0 Å². The Balaban J connectivity index is 0. The Bertz CT molecular complexity index is 161. The van der Waals surface area contributed by atoms with Gasteiger partial charge in [-0.1, -0.05) is 0 Å². The standard InChI is InChI=1S/C3H8NO4P.Na/c1-2-8-9(6,7)3(4)5;/h2H2,1H3,(H2,4,5)(H,6,7);/q;+1/p-1. The van der Waals surface area contributed by atoms with Gasteiger partial charge in [-0.15, -0.1) is 0 Å². The van der Waals surface area contributed by atoms with Gasteiger partial charge in [-0.05, 0) is 6.92 Å². The second kappa shape index (κ2) is 5.29. The van der Waals surface area contributed by atoms with Crippen LogP contribution >= 0.6 is 7.60 Å². The summed E-state index contributed by atoms with van der Waals surface area (Å²) in [5.74, 6) is 0. The largest absolute Gasteiger partial charge is 1.00 e. The Labute approximate surface area is 80.8 Å². The van der Waals surface area contributed by atoms with E-state index in [-0.39, 0.29) is 36.2 Å². The first-order valence-electron chi connectivity index (χ1n) is 2.26. The Morgan fingerprint density at radius 2 is 2.20 bits per heavy atom. The smallest absolute Gasteiger partial charge is 0.772 e. The summed E-state index contributed by atoms with van der Waals surface area (Å²) in [6.07, 6.45) is 0. The molecule has 0 rings (SSSR count). The van der Waals surface area contributed by atoms with Crippen molar-refractivity contribution in [2.75, 3.05) is 6.61 Å². The summed E-state index contributed by atoms with van der Waals surface area (Å²) in [6, 6.07) is 0. The van der Waals surface area contributed by atoms with Gasteiger partial charge in [0.2, 0.25) is 7.60 Å². The third-order valence-electron chi connectivity index (χ3n) is 0.569. The van der Waals surface area contributed by atoms with Gasteiger partial charge in [-0.3, -0.25) is 9.36 Å². The molecule has 1 amide bonds. The minimum absolute atomic E-state index is 0. The third kappa shape index (κ3) is 4.44. The molecule has 0 aliphatic rings. The molecule has 5 nitrogen and oxygen atoms in total. The van der Waals surface area contributed by atoms with Crippen LogP contribution in [0, 0.1) is 0 Å². The Hall–Kier alpha value is 0.620. The average molecular weight is 175 g/mol. The summed E-state index contributed by atoms with van der Waals surface area (Å²) < 4.78 is 14.3. The van der Waals surface area contributed by atoms with Gasteiger partial charge in [0.25, 0.3) is 5.65 Å². The van der Waals surface area contributed by atoms with E-state index in [0.717, 1.165) is 0 Å². The SMILES string of the molecule is CCOP(=O)([O-])C(N)=O.[Na+]. The molecule has 0 saturated carbocycles. The van der Waals surface area contributed by atoms with Crippen molar-refractivity contribution in [3.05, 3.63) is 0 Å². The van der Waals surface area contributed by atoms with Gasteiger partial charge in [-0.25, -0.2) is 0 Å². The molecule has 0 aliphatic heterocycles. The van der Waals surface area contributed by atoms with Gasteiger partial charge < -0.3 is 15.2 Å². The van der Waals surface area contributed by atoms with Crippen molar-refractivity contribution >= 4 is 13.2 Å². The molecule has 0 aromatic rings. The number of hydrogen-bond donors (Lipinski definition) is 1. The van der Waals surface area contributed by atoms with Crippen molar-refractivity contribution in [2.45, 2.75) is 6.92 Å². The van der Waals surface area contributed by atoms with Gasteiger partial charge in [0.05, 0.1) is 6.61 Å². The van der Waals surface area contributed by atoms with Crippen LogP contribution in [0.3, 0.4) is 0 Å². The maximum absolute atomic E-state index is 10.3. The van der Waals surface area contributed by atoms with Gasteiger partial charge >= 0.3 is 29.6 Å². The molecular formula is C3H7NNaO4P. The van der Waals surface area contributed by atoms with Crippen LogP contribution in [0.25, 0.3) is 0 Å². The van der Waals surface area contributed by atoms with Crippen LogP contribution in [-0.4, -0.2) is 12.3 Å². The van der Waals surface area contributed by atoms with Crippen molar-refractivity contribution in [1.82, 2.24) is 0 Å². The Morgan fingerprint density at radius 1 is 1.80 bits per heavy atom. The normalized spacial score (nSPS) is 15.0. The molecule has 54 valence electrons. The molecule has 0 fully saturated rings. The molecule has 7 heteroatoms. The summed E-state index contributed by atoms with van der Waals surface area (Å²) in [5, 5.41) is 0. The minimum Gasteiger partial charge on any atom is -0.772 e. The van der Waals surface area contributed by atoms with Crippen molar-refractivity contribution in [2.24, 2.45) is 5.73 Å². The maximum Gasteiger partial charge on any atom is 1.00 e. The van der Waals surface area contributed by atoms with E-state index in [1.807, 2.05) is 0 Å². The fourth-order valence-corrected chi connectivity index (χ4v) is 0.701. The second-order valence-electron chi connectivity index (χ2n) is 1.25. The first-order valence-corrected chi connectivity index (χ1v) is 3.80. The molecule has 0 saturated heterocycles. The van der Waals surface area contributed by atoms with Gasteiger partial charge in [0, 0.05) is 0 Å². The van der Waals surface area contributed by atoms with Crippen LogP contribution < -0.4 is 40.2 Å². The minimum atomic E-state index is -4.38. The van der Waals surface area contributed by atoms with Gasteiger partial charge in [0.1, 0.15) is 0 Å². The number of primary amides is 1. The third-order valence-corrected chi connectivity index (χ3v) is 1.71. The molecule has 0 radical (unpaired) electrons. The van der Waals surface area contributed by atoms with Crippen molar-refractivity contribution < 1.29 is 48.3 Å². The van der Waals surface area contributed by atoms with Crippen molar-refractivity contribution in [3.63, 3.8) is 0 Å². The fourth-order valence-electron chi connectivity index (χ4n) is 0.234. The predicted molar refractivity (Wildman–Crippen MR) is 28.8 cm³/mol. The van der Waals surface area contributed by atoms with E-state index in [9.17, 15) is 14.3 Å². The number of amides is 1. The summed E-state index contributed by atoms with van der Waals surface area (Å²) in [6.45, 7) is 1.39. The van der Waals surface area contributed by atoms with Crippen molar-refractivity contribution in [1.29, 1.82) is 0 Å². The summed E-state index contributed by atoms with van der Waals surface area (Å²) >= 11 is 0. The van der Waals surface area contributed by atoms with E-state index in [2.05, 4.69) is 10.3 Å². The van der Waals surface area contributed by atoms with Crippen LogP contribution in [0.2, 0.25) is 0 Å². The molecule has 0 heterocycles. The molecule has 0 aromatic heterocycles. The predicted octanol–water partition coefficient (Wildman–Crippen LogP) is -3.34. The summed E-state index contributed by atoms with van der Waals surface area (Å²) in [4.78, 5) is 20.2. The topological polar surface area (TPSA) is 92.4 Å². The Morgan fingerprint density at radius 3 is 2.30 bits per heavy atom. The Kier molecular flexibility index (Phi) is 7.00. The zero-order valence-corrected chi connectivity index (χ0v) is 8.76. The van der Waals surface area contributed by atoms with Crippen molar-refractivity contribution in [3.8, 4) is 0 Å². The first kappa shape index (κ1) is 13.2. The number of hydrogen-bond acceptors (Lipinski definition) is 4. The molecule has 2 N–H and O–H groups in total. The molecular weight excluding hydrogens is 168 g/mol. The number of rotatable bonds is 3. The van der Waals surface area contributed by atoms with E-state index >= 15 is 0 Å². The molecule has 1 unspecified atom stereocenters. The summed E-state index contributed by atoms with van der Waals surface area (Å²) in [7, 11) is -4.38. The average Bonchev–Trinajstić information content (AvgIpc) is 1.65. The second-order valence-corrected chi connectivity index (χ2v) is 2.95. The van der Waals surface area contributed by atoms with E-state index in [0.29, 0.717) is 0 Å². The van der Waals surface area contributed by atoms with Crippen LogP contribution in [-0.2, 0) is 9.09 Å². The van der Waals surface area contributed by atoms with E-state index < -0.39 is 13.2 Å². The van der Waals surface area contributed by atoms with Crippen LogP contribution in [0.15, 0.2) is 0 Å². The quantitative estimate of drug-likeness (QED) is 0.358. The van der Waals surface area contributed by atoms with Crippen LogP contribution in [0.5, 0.6) is 0 Å². The monoisotopic (exact) mass is 175 g/mol. The zero-order valence-electron chi connectivity index (χ0n) is 5.86. The molecule has 0 bridgehead atoms. The number of carbonyl (C=O) groups is 1. The molecule has 0 aliphatic carbocycles. The summed E-state index contributed by atoms with van der Waals surface area (Å²) in [5.41, 5.74) is 2.99. The van der Waals surface area contributed by atoms with Gasteiger partial charge in [-0.2, -0.15) is 0 Å². The number of nitrogens with two attached hydrogens (primary N) is 1. The van der Waals surface area contributed by atoms with E-state index in [1.165, 1.54) is 6.92 Å². The molecule has 0 aromatic carbocycles. The fraction of sp³-hybridized carbons (Fsp3) is 0.667. The molecule has 0 spiro atoms. The van der Waals surface area contributed by atoms with Crippen LogP contribution in [0.1, 0.15) is 6.92 Å². The first-order chi connectivity index (χ1) is 4.00. The van der Waals surface area contributed by atoms with E-state index in [1.54, 1.807) is 0 Å². The number of carbonyl (C=O) groups excluding carboxylic acids is 1.